The zero-order valence-electron chi connectivity index (χ0n) is 7.41. The van der Waals surface area contributed by atoms with Crippen LogP contribution in [0.4, 0.5) is 0 Å². The molecule has 0 aromatic carbocycles. The molecule has 12 heavy (non-hydrogen) atoms. The van der Waals surface area contributed by atoms with E-state index in [1.165, 1.54) is 5.57 Å². The fraction of sp³-hybridized carbons (Fsp3) is 0.556. The van der Waals surface area contributed by atoms with Crippen LogP contribution < -0.4 is 0 Å². The lowest BCUT2D eigenvalue weighted by molar-refractivity contribution is -0.419. The Hall–Kier alpha value is -1.12. The lowest BCUT2D eigenvalue weighted by Crippen LogP contribution is -2.04. The number of nitrogens with zero attached hydrogens (tertiary/aromatic N) is 1. The molecule has 0 unspecified atom stereocenters. The van der Waals surface area contributed by atoms with Crippen LogP contribution in [0.3, 0.4) is 0 Å². The Balaban J connectivity index is 2.81. The van der Waals surface area contributed by atoms with E-state index in [-0.39, 0.29) is 10.6 Å². The van der Waals surface area contributed by atoms with Crippen LogP contribution in [0.5, 0.6) is 0 Å². The Labute approximate surface area is 71.9 Å². The molecule has 0 aliphatic heterocycles. The molecule has 0 aromatic rings. The van der Waals surface area contributed by atoms with Gasteiger partial charge in [0.15, 0.2) is 0 Å². The monoisotopic (exact) mass is 167 g/mol. The summed E-state index contributed by atoms with van der Waals surface area (Å²) in [6, 6.07) is 0. The first kappa shape index (κ1) is 8.97. The van der Waals surface area contributed by atoms with Gasteiger partial charge in [-0.25, -0.2) is 0 Å². The summed E-state index contributed by atoms with van der Waals surface area (Å²) in [5.41, 5.74) is 1.44. The van der Waals surface area contributed by atoms with Crippen LogP contribution in [0.1, 0.15) is 26.7 Å². The third kappa shape index (κ3) is 1.94. The molecular weight excluding hydrogens is 154 g/mol. The standard InChI is InChI=1S/C9H13NO2/c1-7(2)8-4-3-5-9(6-8)10(11)12/h5-7H,3-4H2,1-2H3. The average Bonchev–Trinajstić information content (AvgIpc) is 2.04. The van der Waals surface area contributed by atoms with E-state index in [2.05, 4.69) is 13.8 Å². The van der Waals surface area contributed by atoms with Gasteiger partial charge in [-0.05, 0) is 24.8 Å². The second-order valence-electron chi connectivity index (χ2n) is 3.30. The lowest BCUT2D eigenvalue weighted by Gasteiger charge is -2.12. The molecule has 66 valence electrons. The van der Waals surface area contributed by atoms with Crippen LogP contribution in [0.2, 0.25) is 0 Å². The Morgan fingerprint density at radius 2 is 2.25 bits per heavy atom. The summed E-state index contributed by atoms with van der Waals surface area (Å²) >= 11 is 0. The average molecular weight is 167 g/mol. The minimum Gasteiger partial charge on any atom is -0.258 e. The predicted octanol–water partition coefficient (Wildman–Crippen LogP) is 2.52. The van der Waals surface area contributed by atoms with Crippen molar-refractivity contribution in [1.82, 2.24) is 0 Å². The molecule has 0 aromatic heterocycles. The maximum Gasteiger partial charge on any atom is 0.265 e. The van der Waals surface area contributed by atoms with Gasteiger partial charge in [0.05, 0.1) is 4.92 Å². The number of rotatable bonds is 2. The van der Waals surface area contributed by atoms with Crippen molar-refractivity contribution in [3.8, 4) is 0 Å². The van der Waals surface area contributed by atoms with E-state index in [4.69, 9.17) is 0 Å². The van der Waals surface area contributed by atoms with E-state index in [0.29, 0.717) is 5.92 Å². The van der Waals surface area contributed by atoms with Gasteiger partial charge in [-0.1, -0.05) is 19.4 Å². The Morgan fingerprint density at radius 3 is 2.75 bits per heavy atom. The molecule has 0 saturated heterocycles. The maximum absolute atomic E-state index is 10.4. The lowest BCUT2D eigenvalue weighted by atomic mass is 9.94. The van der Waals surface area contributed by atoms with Crippen molar-refractivity contribution >= 4 is 0 Å². The Bertz CT molecular complexity index is 251. The van der Waals surface area contributed by atoms with E-state index >= 15 is 0 Å². The predicted molar refractivity (Wildman–Crippen MR) is 47.2 cm³/mol. The van der Waals surface area contributed by atoms with Gasteiger partial charge in [0.2, 0.25) is 0 Å². The molecule has 1 rings (SSSR count). The highest BCUT2D eigenvalue weighted by molar-refractivity contribution is 5.23. The molecule has 0 bridgehead atoms. The molecule has 0 atom stereocenters. The van der Waals surface area contributed by atoms with Gasteiger partial charge < -0.3 is 0 Å². The van der Waals surface area contributed by atoms with Gasteiger partial charge in [0.1, 0.15) is 0 Å². The quantitative estimate of drug-likeness (QED) is 0.468. The fourth-order valence-corrected chi connectivity index (χ4v) is 1.29. The van der Waals surface area contributed by atoms with Gasteiger partial charge in [-0.15, -0.1) is 0 Å². The van der Waals surface area contributed by atoms with Crippen LogP contribution in [-0.4, -0.2) is 4.92 Å². The number of hydrogen-bond acceptors (Lipinski definition) is 2. The van der Waals surface area contributed by atoms with Crippen molar-refractivity contribution in [1.29, 1.82) is 0 Å². The largest absolute Gasteiger partial charge is 0.265 e. The number of hydrogen-bond donors (Lipinski definition) is 0. The second kappa shape index (κ2) is 3.52. The Kier molecular flexibility index (Phi) is 2.63. The highest BCUT2D eigenvalue weighted by Gasteiger charge is 2.15. The van der Waals surface area contributed by atoms with Gasteiger partial charge in [-0.2, -0.15) is 0 Å². The number of nitro groups is 1. The summed E-state index contributed by atoms with van der Waals surface area (Å²) in [5, 5.41) is 10.4. The fourth-order valence-electron chi connectivity index (χ4n) is 1.29. The molecule has 0 fully saturated rings. The van der Waals surface area contributed by atoms with Crippen LogP contribution in [0, 0.1) is 16.0 Å². The zero-order chi connectivity index (χ0) is 9.14. The SMILES string of the molecule is CC(C)C1=CC([N+](=O)[O-])=CCC1. The molecule has 0 amide bonds. The van der Waals surface area contributed by atoms with E-state index in [9.17, 15) is 10.1 Å². The van der Waals surface area contributed by atoms with Crippen LogP contribution >= 0.6 is 0 Å². The van der Waals surface area contributed by atoms with Gasteiger partial charge >= 0.3 is 0 Å². The van der Waals surface area contributed by atoms with Crippen molar-refractivity contribution in [2.24, 2.45) is 5.92 Å². The van der Waals surface area contributed by atoms with Gasteiger partial charge in [0, 0.05) is 6.08 Å². The Morgan fingerprint density at radius 1 is 1.58 bits per heavy atom. The minimum atomic E-state index is -0.318. The van der Waals surface area contributed by atoms with Gasteiger partial charge in [0.25, 0.3) is 5.70 Å². The molecule has 0 saturated carbocycles. The topological polar surface area (TPSA) is 43.1 Å². The van der Waals surface area contributed by atoms with E-state index in [1.807, 2.05) is 0 Å². The first-order valence-corrected chi connectivity index (χ1v) is 4.16. The van der Waals surface area contributed by atoms with E-state index in [1.54, 1.807) is 12.2 Å². The molecule has 3 nitrogen and oxygen atoms in total. The van der Waals surface area contributed by atoms with Crippen molar-refractivity contribution < 1.29 is 4.92 Å². The van der Waals surface area contributed by atoms with Crippen molar-refractivity contribution in [2.75, 3.05) is 0 Å². The van der Waals surface area contributed by atoms with Crippen LogP contribution in [-0.2, 0) is 0 Å². The maximum atomic E-state index is 10.4. The molecular formula is C9H13NO2. The summed E-state index contributed by atoms with van der Waals surface area (Å²) in [6.07, 6.45) is 5.16. The van der Waals surface area contributed by atoms with E-state index < -0.39 is 0 Å². The molecule has 0 spiro atoms. The van der Waals surface area contributed by atoms with Crippen molar-refractivity contribution in [3.63, 3.8) is 0 Å². The first-order chi connectivity index (χ1) is 5.61. The molecule has 1 aliphatic carbocycles. The summed E-state index contributed by atoms with van der Waals surface area (Å²) in [7, 11) is 0. The summed E-state index contributed by atoms with van der Waals surface area (Å²) < 4.78 is 0. The highest BCUT2D eigenvalue weighted by Crippen LogP contribution is 2.23. The number of allylic oxidation sites excluding steroid dienone is 3. The van der Waals surface area contributed by atoms with Crippen molar-refractivity contribution in [3.05, 3.63) is 33.5 Å². The normalized spacial score (nSPS) is 17.2. The zero-order valence-corrected chi connectivity index (χ0v) is 7.41. The molecule has 0 N–H and O–H groups in total. The van der Waals surface area contributed by atoms with Crippen LogP contribution in [0.25, 0.3) is 0 Å². The summed E-state index contributed by atoms with van der Waals surface area (Å²) in [6.45, 7) is 4.13. The molecule has 0 radical (unpaired) electrons. The third-order valence-corrected chi connectivity index (χ3v) is 2.07. The summed E-state index contributed by atoms with van der Waals surface area (Å²) in [4.78, 5) is 10.1. The second-order valence-corrected chi connectivity index (χ2v) is 3.30. The molecule has 3 heteroatoms. The smallest absolute Gasteiger partial charge is 0.258 e. The van der Waals surface area contributed by atoms with Crippen molar-refractivity contribution in [2.45, 2.75) is 26.7 Å². The van der Waals surface area contributed by atoms with Crippen LogP contribution in [0.15, 0.2) is 23.4 Å². The van der Waals surface area contributed by atoms with E-state index in [0.717, 1.165) is 12.8 Å². The first-order valence-electron chi connectivity index (χ1n) is 4.16. The van der Waals surface area contributed by atoms with Gasteiger partial charge in [-0.3, -0.25) is 10.1 Å². The highest BCUT2D eigenvalue weighted by atomic mass is 16.6. The molecule has 0 heterocycles. The summed E-state index contributed by atoms with van der Waals surface area (Å²) in [5.74, 6) is 0.425. The third-order valence-electron chi connectivity index (χ3n) is 2.07. The minimum absolute atomic E-state index is 0.255. The molecule has 1 aliphatic rings.